The molecule has 2 saturated heterocycles. The number of benzene rings is 1. The molecule has 180 valence electrons. The lowest BCUT2D eigenvalue weighted by Gasteiger charge is -2.34. The maximum atomic E-state index is 13.0. The highest BCUT2D eigenvalue weighted by Gasteiger charge is 2.26. The Morgan fingerprint density at radius 3 is 2.44 bits per heavy atom. The van der Waals surface area contributed by atoms with E-state index < -0.39 is 10.0 Å². The van der Waals surface area contributed by atoms with Crippen LogP contribution in [0.5, 0.6) is 0 Å². The number of halogens is 1. The molecule has 1 amide bonds. The first-order valence-corrected chi connectivity index (χ1v) is 12.6. The molecule has 0 spiro atoms. The number of hydrogen-bond acceptors (Lipinski definition) is 4. The fourth-order valence-corrected chi connectivity index (χ4v) is 5.88. The molecule has 2 aliphatic rings. The van der Waals surface area contributed by atoms with Crippen molar-refractivity contribution in [1.82, 2.24) is 19.8 Å². The fourth-order valence-electron chi connectivity index (χ4n) is 4.30. The van der Waals surface area contributed by atoms with E-state index in [2.05, 4.69) is 20.5 Å². The third kappa shape index (κ3) is 7.05. The Kier molecular flexibility index (Phi) is 10.7. The van der Waals surface area contributed by atoms with Gasteiger partial charge < -0.3 is 15.5 Å². The lowest BCUT2D eigenvalue weighted by Crippen LogP contribution is -2.45. The van der Waals surface area contributed by atoms with Gasteiger partial charge in [0.15, 0.2) is 5.96 Å². The number of amides is 1. The van der Waals surface area contributed by atoms with E-state index in [0.29, 0.717) is 36.9 Å². The Labute approximate surface area is 209 Å². The van der Waals surface area contributed by atoms with E-state index in [4.69, 9.17) is 0 Å². The Bertz CT molecular complexity index is 879. The van der Waals surface area contributed by atoms with Crippen LogP contribution in [-0.4, -0.2) is 69.8 Å². The van der Waals surface area contributed by atoms with Crippen molar-refractivity contribution in [1.29, 1.82) is 0 Å². The molecule has 32 heavy (non-hydrogen) atoms. The number of nitrogens with zero attached hydrogens (tertiary/aromatic N) is 3. The van der Waals surface area contributed by atoms with Gasteiger partial charge >= 0.3 is 0 Å². The van der Waals surface area contributed by atoms with Crippen LogP contribution in [0.1, 0.15) is 44.1 Å². The molecule has 0 radical (unpaired) electrons. The number of hydrogen-bond donors (Lipinski definition) is 2. The minimum absolute atomic E-state index is 0. The van der Waals surface area contributed by atoms with E-state index in [9.17, 15) is 13.2 Å². The molecular weight excluding hydrogens is 541 g/mol. The van der Waals surface area contributed by atoms with E-state index in [1.165, 1.54) is 0 Å². The quantitative estimate of drug-likeness (QED) is 0.308. The minimum atomic E-state index is -3.44. The van der Waals surface area contributed by atoms with Crippen LogP contribution < -0.4 is 10.6 Å². The summed E-state index contributed by atoms with van der Waals surface area (Å²) < 4.78 is 27.5. The van der Waals surface area contributed by atoms with Crippen molar-refractivity contribution < 1.29 is 13.2 Å². The zero-order valence-electron chi connectivity index (χ0n) is 19.0. The highest BCUT2D eigenvalue weighted by atomic mass is 127. The van der Waals surface area contributed by atoms with Gasteiger partial charge in [-0.1, -0.05) is 18.6 Å². The summed E-state index contributed by atoms with van der Waals surface area (Å²) >= 11 is 0. The van der Waals surface area contributed by atoms with Gasteiger partial charge in [0.25, 0.3) is 0 Å². The van der Waals surface area contributed by atoms with Gasteiger partial charge in [-0.25, -0.2) is 8.42 Å². The van der Waals surface area contributed by atoms with Gasteiger partial charge in [-0.15, -0.1) is 24.0 Å². The molecule has 2 fully saturated rings. The Hall–Kier alpha value is -1.40. The molecule has 0 bridgehead atoms. The van der Waals surface area contributed by atoms with Crippen LogP contribution in [0.25, 0.3) is 0 Å². The topological polar surface area (TPSA) is 94.1 Å². The van der Waals surface area contributed by atoms with Crippen molar-refractivity contribution in [2.24, 2.45) is 10.9 Å². The molecule has 2 N–H and O–H groups in total. The maximum absolute atomic E-state index is 13.0. The van der Waals surface area contributed by atoms with Crippen LogP contribution >= 0.6 is 24.0 Å². The van der Waals surface area contributed by atoms with Crippen LogP contribution in [0.2, 0.25) is 0 Å². The first-order chi connectivity index (χ1) is 14.9. The van der Waals surface area contributed by atoms with Crippen molar-refractivity contribution >= 4 is 45.9 Å². The summed E-state index contributed by atoms with van der Waals surface area (Å²) in [6.07, 6.45) is 5.44. The highest BCUT2D eigenvalue weighted by molar-refractivity contribution is 14.0. The molecule has 1 aromatic carbocycles. The predicted molar refractivity (Wildman–Crippen MR) is 138 cm³/mol. The summed E-state index contributed by atoms with van der Waals surface area (Å²) in [6, 6.07) is 7.19. The summed E-state index contributed by atoms with van der Waals surface area (Å²) in [5, 5.41) is 6.07. The third-order valence-electron chi connectivity index (χ3n) is 6.18. The van der Waals surface area contributed by atoms with Crippen molar-refractivity contribution in [3.8, 4) is 0 Å². The van der Waals surface area contributed by atoms with Gasteiger partial charge in [-0.2, -0.15) is 4.31 Å². The number of aliphatic imine (C=N–C) groups is 1. The second-order valence-electron chi connectivity index (χ2n) is 8.32. The average molecular weight is 578 g/mol. The van der Waals surface area contributed by atoms with Gasteiger partial charge in [0.2, 0.25) is 15.9 Å². The Morgan fingerprint density at radius 1 is 1.12 bits per heavy atom. The van der Waals surface area contributed by atoms with Crippen LogP contribution in [0.4, 0.5) is 0 Å². The molecule has 8 nitrogen and oxygen atoms in total. The lowest BCUT2D eigenvalue weighted by molar-refractivity contribution is -0.121. The van der Waals surface area contributed by atoms with Crippen LogP contribution in [0, 0.1) is 5.92 Å². The van der Waals surface area contributed by atoms with E-state index in [1.807, 2.05) is 6.07 Å². The number of guanidine groups is 1. The number of piperidine rings is 2. The van der Waals surface area contributed by atoms with Gasteiger partial charge in [0.1, 0.15) is 0 Å². The van der Waals surface area contributed by atoms with E-state index in [0.717, 1.165) is 56.7 Å². The van der Waals surface area contributed by atoms with Gasteiger partial charge in [0.05, 0.1) is 4.90 Å². The largest absolute Gasteiger partial charge is 0.359 e. The molecule has 3 rings (SSSR count). The normalized spacial score (nSPS) is 18.7. The molecule has 0 aromatic heterocycles. The Morgan fingerprint density at radius 2 is 1.81 bits per heavy atom. The minimum Gasteiger partial charge on any atom is -0.359 e. The SMILES string of the molecule is CN=C(NCc1cccc(S(=O)(=O)N2CCCCC2)c1)N1CCC(CC(=O)NC)CC1.I. The maximum Gasteiger partial charge on any atom is 0.243 e. The lowest BCUT2D eigenvalue weighted by atomic mass is 9.93. The summed E-state index contributed by atoms with van der Waals surface area (Å²) in [5.74, 6) is 1.31. The number of carbonyl (C=O) groups excluding carboxylic acids is 1. The molecule has 0 unspecified atom stereocenters. The summed E-state index contributed by atoms with van der Waals surface area (Å²) in [4.78, 5) is 18.6. The first-order valence-electron chi connectivity index (χ1n) is 11.2. The van der Waals surface area contributed by atoms with Crippen molar-refractivity contribution in [3.63, 3.8) is 0 Å². The van der Waals surface area contributed by atoms with Gasteiger partial charge in [-0.3, -0.25) is 9.79 Å². The van der Waals surface area contributed by atoms with Gasteiger partial charge in [0, 0.05) is 53.2 Å². The van der Waals surface area contributed by atoms with Gasteiger partial charge in [-0.05, 0) is 49.3 Å². The van der Waals surface area contributed by atoms with E-state index in [1.54, 1.807) is 36.6 Å². The number of sulfonamides is 1. The summed E-state index contributed by atoms with van der Waals surface area (Å²) in [5.41, 5.74) is 0.911. The highest BCUT2D eigenvalue weighted by Crippen LogP contribution is 2.22. The molecule has 10 heteroatoms. The Balaban J connectivity index is 0.00000363. The summed E-state index contributed by atoms with van der Waals surface area (Å²) in [7, 11) is 0.00142. The zero-order valence-corrected chi connectivity index (χ0v) is 22.2. The van der Waals surface area contributed by atoms with Crippen LogP contribution in [0.15, 0.2) is 34.2 Å². The van der Waals surface area contributed by atoms with E-state index in [-0.39, 0.29) is 29.9 Å². The molecule has 0 saturated carbocycles. The average Bonchev–Trinajstić information content (AvgIpc) is 2.81. The van der Waals surface area contributed by atoms with Crippen molar-refractivity contribution in [2.75, 3.05) is 40.3 Å². The molecule has 0 aliphatic carbocycles. The second-order valence-corrected chi connectivity index (χ2v) is 10.3. The molecule has 2 heterocycles. The first kappa shape index (κ1) is 26.8. The standard InChI is InChI=1S/C22H35N5O3S.HI/c1-23-21(28)16-18-9-13-26(14-10-18)22(24-2)25-17-19-7-6-8-20(15-19)31(29,30)27-11-4-3-5-12-27;/h6-8,15,18H,3-5,9-14,16-17H2,1-2H3,(H,23,28)(H,24,25);1H. The molecule has 2 aliphatic heterocycles. The van der Waals surface area contributed by atoms with E-state index >= 15 is 0 Å². The smallest absolute Gasteiger partial charge is 0.243 e. The number of carbonyl (C=O) groups is 1. The van der Waals surface area contributed by atoms with Crippen molar-refractivity contribution in [3.05, 3.63) is 29.8 Å². The second kappa shape index (κ2) is 12.7. The number of nitrogens with one attached hydrogen (secondary N) is 2. The number of likely N-dealkylation sites (tertiary alicyclic amines) is 1. The summed E-state index contributed by atoms with van der Waals surface area (Å²) in [6.45, 7) is 3.42. The predicted octanol–water partition coefficient (Wildman–Crippen LogP) is 2.40. The van der Waals surface area contributed by atoms with Crippen molar-refractivity contribution in [2.45, 2.75) is 50.0 Å². The van der Waals surface area contributed by atoms with Crippen LogP contribution in [0.3, 0.4) is 0 Å². The number of rotatable bonds is 6. The molecule has 0 atom stereocenters. The third-order valence-corrected chi connectivity index (χ3v) is 8.08. The zero-order chi connectivity index (χ0) is 22.3. The fraction of sp³-hybridized carbons (Fsp3) is 0.636. The molecule has 1 aromatic rings. The monoisotopic (exact) mass is 577 g/mol. The molecular formula is C22H36IN5O3S. The van der Waals surface area contributed by atoms with Crippen LogP contribution in [-0.2, 0) is 21.4 Å².